The number of carbonyl (C=O) groups excluding carboxylic acids is 2. The smallest absolute Gasteiger partial charge is 0.220 e. The van der Waals surface area contributed by atoms with Crippen molar-refractivity contribution in [3.8, 4) is 0 Å². The highest BCUT2D eigenvalue weighted by Gasteiger charge is 2.14. The Morgan fingerprint density at radius 3 is 2.61 bits per heavy atom. The third-order valence-corrected chi connectivity index (χ3v) is 5.92. The van der Waals surface area contributed by atoms with E-state index in [4.69, 9.17) is 0 Å². The number of rotatable bonds is 9. The van der Waals surface area contributed by atoms with Crippen molar-refractivity contribution in [1.82, 2.24) is 14.9 Å². The summed E-state index contributed by atoms with van der Waals surface area (Å²) < 4.78 is 2.10. The van der Waals surface area contributed by atoms with Crippen LogP contribution in [0.15, 0.2) is 60.9 Å². The highest BCUT2D eigenvalue weighted by molar-refractivity contribution is 5.98. The molecule has 1 amide bonds. The SMILES string of the molecule is O=C(CCC(=O)c1ccc2c(c1)CCCC2)NCCc1nccn1Cc1ccccc1. The van der Waals surface area contributed by atoms with Crippen LogP contribution in [0, 0.1) is 0 Å². The normalized spacial score (nSPS) is 12.9. The number of ketones is 1. The van der Waals surface area contributed by atoms with Crippen molar-refractivity contribution < 1.29 is 9.59 Å². The predicted octanol–water partition coefficient (Wildman–Crippen LogP) is 4.13. The fraction of sp³-hybridized carbons (Fsp3) is 0.346. The number of benzene rings is 2. The van der Waals surface area contributed by atoms with Gasteiger partial charge in [0.2, 0.25) is 5.91 Å². The van der Waals surface area contributed by atoms with E-state index in [1.165, 1.54) is 29.5 Å². The second-order valence-electron chi connectivity index (χ2n) is 8.17. The van der Waals surface area contributed by atoms with Crippen LogP contribution in [0.1, 0.15) is 58.6 Å². The minimum atomic E-state index is -0.0903. The Labute approximate surface area is 183 Å². The molecule has 2 aromatic carbocycles. The van der Waals surface area contributed by atoms with Gasteiger partial charge in [-0.25, -0.2) is 4.98 Å². The molecule has 1 heterocycles. The van der Waals surface area contributed by atoms with E-state index in [1.807, 2.05) is 36.5 Å². The van der Waals surface area contributed by atoms with E-state index in [-0.39, 0.29) is 24.5 Å². The number of hydrogen-bond acceptors (Lipinski definition) is 3. The summed E-state index contributed by atoms with van der Waals surface area (Å²) >= 11 is 0. The maximum atomic E-state index is 12.5. The molecular formula is C26H29N3O2. The molecule has 0 spiro atoms. The minimum absolute atomic E-state index is 0.0435. The Bertz CT molecular complexity index is 1040. The van der Waals surface area contributed by atoms with E-state index in [9.17, 15) is 9.59 Å². The monoisotopic (exact) mass is 415 g/mol. The first kappa shape index (κ1) is 21.0. The molecule has 0 saturated carbocycles. The molecule has 1 aliphatic rings. The third kappa shape index (κ3) is 5.69. The van der Waals surface area contributed by atoms with E-state index in [0.29, 0.717) is 13.0 Å². The van der Waals surface area contributed by atoms with Crippen LogP contribution in [-0.4, -0.2) is 27.8 Å². The zero-order chi connectivity index (χ0) is 21.5. The van der Waals surface area contributed by atoms with Crippen LogP contribution in [-0.2, 0) is 30.6 Å². The molecule has 0 fully saturated rings. The van der Waals surface area contributed by atoms with Crippen LogP contribution in [0.25, 0.3) is 0 Å². The Morgan fingerprint density at radius 1 is 0.968 bits per heavy atom. The molecule has 1 aromatic heterocycles. The number of hydrogen-bond donors (Lipinski definition) is 1. The van der Waals surface area contributed by atoms with Gasteiger partial charge in [0.15, 0.2) is 5.78 Å². The largest absolute Gasteiger partial charge is 0.356 e. The highest BCUT2D eigenvalue weighted by atomic mass is 16.2. The molecule has 0 saturated heterocycles. The zero-order valence-electron chi connectivity index (χ0n) is 17.8. The Kier molecular flexibility index (Phi) is 6.92. The summed E-state index contributed by atoms with van der Waals surface area (Å²) in [5.74, 6) is 0.892. The van der Waals surface area contributed by atoms with E-state index >= 15 is 0 Å². The fourth-order valence-electron chi connectivity index (χ4n) is 4.17. The molecule has 3 aromatic rings. The average molecular weight is 416 g/mol. The van der Waals surface area contributed by atoms with Gasteiger partial charge < -0.3 is 9.88 Å². The number of nitrogens with one attached hydrogen (secondary N) is 1. The number of aryl methyl sites for hydroxylation is 2. The van der Waals surface area contributed by atoms with Crippen molar-refractivity contribution in [2.75, 3.05) is 6.54 Å². The standard InChI is InChI=1S/C26H29N3O2/c30-24(23-11-10-21-8-4-5-9-22(21)18-23)12-13-26(31)28-15-14-25-27-16-17-29(25)19-20-6-2-1-3-7-20/h1-3,6-7,10-11,16-18H,4-5,8-9,12-15,19H2,(H,28,31). The number of amides is 1. The van der Waals surface area contributed by atoms with Gasteiger partial charge in [0.05, 0.1) is 0 Å². The van der Waals surface area contributed by atoms with Crippen molar-refractivity contribution in [3.05, 3.63) is 89.0 Å². The molecule has 0 unspecified atom stereocenters. The molecule has 31 heavy (non-hydrogen) atoms. The Balaban J connectivity index is 1.21. The molecular weight excluding hydrogens is 386 g/mol. The molecule has 4 rings (SSSR count). The van der Waals surface area contributed by atoms with E-state index in [0.717, 1.165) is 30.8 Å². The van der Waals surface area contributed by atoms with Crippen LogP contribution in [0.5, 0.6) is 0 Å². The second-order valence-corrected chi connectivity index (χ2v) is 8.17. The summed E-state index contributed by atoms with van der Waals surface area (Å²) in [7, 11) is 0. The molecule has 0 bridgehead atoms. The molecule has 5 nitrogen and oxygen atoms in total. The van der Waals surface area contributed by atoms with Gasteiger partial charge in [-0.3, -0.25) is 9.59 Å². The van der Waals surface area contributed by atoms with Gasteiger partial charge in [-0.1, -0.05) is 42.5 Å². The average Bonchev–Trinajstić information content (AvgIpc) is 3.24. The Morgan fingerprint density at radius 2 is 1.77 bits per heavy atom. The summed E-state index contributed by atoms with van der Waals surface area (Å²) in [6, 6.07) is 16.3. The molecule has 0 atom stereocenters. The maximum Gasteiger partial charge on any atom is 0.220 e. The number of imidazole rings is 1. The second kappa shape index (κ2) is 10.2. The minimum Gasteiger partial charge on any atom is -0.356 e. The highest BCUT2D eigenvalue weighted by Crippen LogP contribution is 2.23. The van der Waals surface area contributed by atoms with Crippen molar-refractivity contribution in [2.45, 2.75) is 51.5 Å². The number of carbonyl (C=O) groups is 2. The predicted molar refractivity (Wildman–Crippen MR) is 121 cm³/mol. The van der Waals surface area contributed by atoms with Crippen LogP contribution < -0.4 is 5.32 Å². The lowest BCUT2D eigenvalue weighted by Crippen LogP contribution is -2.27. The van der Waals surface area contributed by atoms with Gasteiger partial charge in [0.1, 0.15) is 5.82 Å². The first-order valence-electron chi connectivity index (χ1n) is 11.1. The summed E-state index contributed by atoms with van der Waals surface area (Å²) in [6.07, 6.45) is 9.45. The van der Waals surface area contributed by atoms with E-state index in [1.54, 1.807) is 6.20 Å². The van der Waals surface area contributed by atoms with Crippen LogP contribution in [0.2, 0.25) is 0 Å². The quantitative estimate of drug-likeness (QED) is 0.535. The van der Waals surface area contributed by atoms with Crippen molar-refractivity contribution in [1.29, 1.82) is 0 Å². The maximum absolute atomic E-state index is 12.5. The summed E-state index contributed by atoms with van der Waals surface area (Å²) in [4.78, 5) is 29.2. The lowest BCUT2D eigenvalue weighted by atomic mass is 9.89. The van der Waals surface area contributed by atoms with Crippen LogP contribution in [0.4, 0.5) is 0 Å². The summed E-state index contributed by atoms with van der Waals surface area (Å²) in [5, 5.41) is 2.92. The number of fused-ring (bicyclic) bond motifs is 1. The molecule has 1 aliphatic carbocycles. The fourth-order valence-corrected chi connectivity index (χ4v) is 4.17. The number of aromatic nitrogens is 2. The number of nitrogens with zero attached hydrogens (tertiary/aromatic N) is 2. The van der Waals surface area contributed by atoms with Crippen molar-refractivity contribution in [2.24, 2.45) is 0 Å². The first-order chi connectivity index (χ1) is 15.2. The molecule has 0 aliphatic heterocycles. The Hall–Kier alpha value is -3.21. The molecule has 1 N–H and O–H groups in total. The summed E-state index contributed by atoms with van der Waals surface area (Å²) in [5.41, 5.74) is 4.61. The van der Waals surface area contributed by atoms with Gasteiger partial charge in [-0.15, -0.1) is 0 Å². The van der Waals surface area contributed by atoms with Crippen LogP contribution >= 0.6 is 0 Å². The number of Topliss-reactive ketones (excluding diaryl/α,β-unsaturated/α-hetero) is 1. The van der Waals surface area contributed by atoms with E-state index in [2.05, 4.69) is 33.1 Å². The van der Waals surface area contributed by atoms with Gasteiger partial charge in [0, 0.05) is 50.3 Å². The lowest BCUT2D eigenvalue weighted by molar-refractivity contribution is -0.121. The third-order valence-electron chi connectivity index (χ3n) is 5.92. The van der Waals surface area contributed by atoms with E-state index < -0.39 is 0 Å². The van der Waals surface area contributed by atoms with Gasteiger partial charge in [-0.05, 0) is 48.4 Å². The zero-order valence-corrected chi connectivity index (χ0v) is 17.8. The topological polar surface area (TPSA) is 64.0 Å². The summed E-state index contributed by atoms with van der Waals surface area (Å²) in [6.45, 7) is 1.27. The first-order valence-corrected chi connectivity index (χ1v) is 11.1. The van der Waals surface area contributed by atoms with Crippen molar-refractivity contribution >= 4 is 11.7 Å². The lowest BCUT2D eigenvalue weighted by Gasteiger charge is -2.16. The van der Waals surface area contributed by atoms with Gasteiger partial charge in [0.25, 0.3) is 0 Å². The van der Waals surface area contributed by atoms with Gasteiger partial charge >= 0.3 is 0 Å². The van der Waals surface area contributed by atoms with Gasteiger partial charge in [-0.2, -0.15) is 0 Å². The van der Waals surface area contributed by atoms with Crippen molar-refractivity contribution in [3.63, 3.8) is 0 Å². The molecule has 5 heteroatoms. The van der Waals surface area contributed by atoms with Crippen LogP contribution in [0.3, 0.4) is 0 Å². The molecule has 0 radical (unpaired) electrons. The molecule has 160 valence electrons.